The van der Waals surface area contributed by atoms with Gasteiger partial charge in [0.15, 0.2) is 5.43 Å². The summed E-state index contributed by atoms with van der Waals surface area (Å²) in [5.41, 5.74) is 4.61. The zero-order valence-corrected chi connectivity index (χ0v) is 9.82. The van der Waals surface area contributed by atoms with Crippen LogP contribution in [-0.4, -0.2) is 4.57 Å². The molecule has 0 saturated heterocycles. The molecule has 2 N–H and O–H groups in total. The molecule has 0 atom stereocenters. The molecule has 1 aromatic heterocycles. The number of rotatable bonds is 2. The van der Waals surface area contributed by atoms with Crippen LogP contribution in [0.4, 0.5) is 18.9 Å². The third-order valence-corrected chi connectivity index (χ3v) is 2.65. The van der Waals surface area contributed by atoms with Crippen LogP contribution < -0.4 is 11.2 Å². The summed E-state index contributed by atoms with van der Waals surface area (Å²) < 4.78 is 40.1. The monoisotopic (exact) mass is 268 g/mol. The Bertz CT molecular complexity index is 627. The second kappa shape index (κ2) is 4.79. The van der Waals surface area contributed by atoms with E-state index in [9.17, 15) is 18.0 Å². The first-order chi connectivity index (χ1) is 8.86. The minimum atomic E-state index is -4.45. The number of benzene rings is 1. The maximum absolute atomic E-state index is 12.9. The summed E-state index contributed by atoms with van der Waals surface area (Å²) in [6.07, 6.45) is -1.57. The number of pyridine rings is 1. The van der Waals surface area contributed by atoms with E-state index in [4.69, 9.17) is 5.73 Å². The number of alkyl halides is 3. The van der Waals surface area contributed by atoms with E-state index in [-0.39, 0.29) is 23.2 Å². The Labute approximate surface area is 107 Å². The number of hydrogen-bond donors (Lipinski definition) is 1. The van der Waals surface area contributed by atoms with Gasteiger partial charge in [0.25, 0.3) is 0 Å². The Morgan fingerprint density at radius 1 is 1.11 bits per heavy atom. The highest BCUT2D eigenvalue weighted by atomic mass is 19.4. The zero-order valence-electron chi connectivity index (χ0n) is 9.82. The molecule has 3 nitrogen and oxygen atoms in total. The summed E-state index contributed by atoms with van der Waals surface area (Å²) in [6.45, 7) is 0.0232. The molecule has 0 saturated carbocycles. The van der Waals surface area contributed by atoms with Gasteiger partial charge in [0.1, 0.15) is 0 Å². The lowest BCUT2D eigenvalue weighted by Gasteiger charge is -2.14. The molecule has 6 heteroatoms. The molecule has 0 amide bonds. The van der Waals surface area contributed by atoms with E-state index in [2.05, 4.69) is 0 Å². The molecule has 2 rings (SSSR count). The first kappa shape index (κ1) is 13.2. The Morgan fingerprint density at radius 3 is 2.32 bits per heavy atom. The lowest BCUT2D eigenvalue weighted by molar-refractivity contribution is -0.138. The van der Waals surface area contributed by atoms with Crippen LogP contribution in [0, 0.1) is 0 Å². The quantitative estimate of drug-likeness (QED) is 0.851. The molecule has 1 aromatic carbocycles. The van der Waals surface area contributed by atoms with Crippen LogP contribution in [-0.2, 0) is 12.7 Å². The van der Waals surface area contributed by atoms with Crippen LogP contribution >= 0.6 is 0 Å². The number of hydrogen-bond acceptors (Lipinski definition) is 2. The van der Waals surface area contributed by atoms with Crippen LogP contribution in [0.1, 0.15) is 11.1 Å². The van der Waals surface area contributed by atoms with E-state index < -0.39 is 11.7 Å². The topological polar surface area (TPSA) is 48.0 Å². The van der Waals surface area contributed by atoms with Crippen molar-refractivity contribution < 1.29 is 13.2 Å². The highest BCUT2D eigenvalue weighted by molar-refractivity contribution is 5.46. The standard InChI is InChI=1S/C13H11F3N2O/c14-13(15,16)12-7-10(17)2-1-9(12)8-18-5-3-11(19)4-6-18/h1-7H,8,17H2. The second-order valence-corrected chi connectivity index (χ2v) is 4.12. The minimum Gasteiger partial charge on any atom is -0.399 e. The van der Waals surface area contributed by atoms with E-state index in [1.165, 1.54) is 41.2 Å². The lowest BCUT2D eigenvalue weighted by Crippen LogP contribution is -2.13. The SMILES string of the molecule is Nc1ccc(Cn2ccc(=O)cc2)c(C(F)(F)F)c1. The summed E-state index contributed by atoms with van der Waals surface area (Å²) in [6, 6.07) is 6.27. The smallest absolute Gasteiger partial charge is 0.399 e. The van der Waals surface area contributed by atoms with Crippen molar-refractivity contribution in [2.75, 3.05) is 5.73 Å². The van der Waals surface area contributed by atoms with Gasteiger partial charge < -0.3 is 10.3 Å². The van der Waals surface area contributed by atoms with Crippen molar-refractivity contribution in [3.8, 4) is 0 Å². The van der Waals surface area contributed by atoms with Gasteiger partial charge >= 0.3 is 6.18 Å². The zero-order chi connectivity index (χ0) is 14.0. The molecule has 0 aliphatic rings. The van der Waals surface area contributed by atoms with Crippen molar-refractivity contribution in [2.45, 2.75) is 12.7 Å². The lowest BCUT2D eigenvalue weighted by atomic mass is 10.1. The van der Waals surface area contributed by atoms with Crippen LogP contribution in [0.5, 0.6) is 0 Å². The van der Waals surface area contributed by atoms with Gasteiger partial charge in [-0.3, -0.25) is 4.79 Å². The van der Waals surface area contributed by atoms with Gasteiger partial charge in [0.05, 0.1) is 5.56 Å². The highest BCUT2D eigenvalue weighted by Gasteiger charge is 2.33. The number of nitrogens with two attached hydrogens (primary N) is 1. The van der Waals surface area contributed by atoms with E-state index in [0.29, 0.717) is 0 Å². The molecular weight excluding hydrogens is 257 g/mol. The molecule has 0 aliphatic heterocycles. The summed E-state index contributed by atoms with van der Waals surface area (Å²) in [7, 11) is 0. The fourth-order valence-electron chi connectivity index (χ4n) is 1.74. The molecule has 100 valence electrons. The predicted molar refractivity (Wildman–Crippen MR) is 65.7 cm³/mol. The third-order valence-electron chi connectivity index (χ3n) is 2.65. The molecule has 2 aromatic rings. The molecule has 0 aliphatic carbocycles. The van der Waals surface area contributed by atoms with Gasteiger partial charge in [0.2, 0.25) is 0 Å². The van der Waals surface area contributed by atoms with Crippen molar-refractivity contribution in [2.24, 2.45) is 0 Å². The molecular formula is C13H11F3N2O. The van der Waals surface area contributed by atoms with E-state index in [1.807, 2.05) is 0 Å². The van der Waals surface area contributed by atoms with E-state index in [0.717, 1.165) is 6.07 Å². The Kier molecular flexibility index (Phi) is 3.33. The average Bonchev–Trinajstić information content (AvgIpc) is 2.33. The van der Waals surface area contributed by atoms with E-state index in [1.54, 1.807) is 0 Å². The summed E-state index contributed by atoms with van der Waals surface area (Å²) in [5.74, 6) is 0. The van der Waals surface area contributed by atoms with Crippen molar-refractivity contribution in [1.82, 2.24) is 4.57 Å². The van der Waals surface area contributed by atoms with Gasteiger partial charge in [-0.05, 0) is 17.7 Å². The fraction of sp³-hybridized carbons (Fsp3) is 0.154. The van der Waals surface area contributed by atoms with Crippen LogP contribution in [0.3, 0.4) is 0 Å². The highest BCUT2D eigenvalue weighted by Crippen LogP contribution is 2.33. The van der Waals surface area contributed by atoms with Crippen LogP contribution in [0.2, 0.25) is 0 Å². The largest absolute Gasteiger partial charge is 0.416 e. The molecule has 0 radical (unpaired) electrons. The minimum absolute atomic E-state index is 0.0232. The number of aromatic nitrogens is 1. The first-order valence-electron chi connectivity index (χ1n) is 5.48. The first-order valence-corrected chi connectivity index (χ1v) is 5.48. The van der Waals surface area contributed by atoms with Crippen molar-refractivity contribution in [1.29, 1.82) is 0 Å². The fourth-order valence-corrected chi connectivity index (χ4v) is 1.74. The molecule has 19 heavy (non-hydrogen) atoms. The molecule has 0 spiro atoms. The molecule has 0 fully saturated rings. The number of anilines is 1. The van der Waals surface area contributed by atoms with Gasteiger partial charge in [-0.2, -0.15) is 13.2 Å². The Balaban J connectivity index is 2.40. The number of nitrogens with zero attached hydrogens (tertiary/aromatic N) is 1. The second-order valence-electron chi connectivity index (χ2n) is 4.12. The van der Waals surface area contributed by atoms with Gasteiger partial charge in [0, 0.05) is 36.8 Å². The molecule has 0 unspecified atom stereocenters. The normalized spacial score (nSPS) is 11.5. The summed E-state index contributed by atoms with van der Waals surface area (Å²) >= 11 is 0. The average molecular weight is 268 g/mol. The number of nitrogen functional groups attached to an aromatic ring is 1. The van der Waals surface area contributed by atoms with E-state index >= 15 is 0 Å². The van der Waals surface area contributed by atoms with Gasteiger partial charge in [-0.15, -0.1) is 0 Å². The summed E-state index contributed by atoms with van der Waals surface area (Å²) in [5, 5.41) is 0. The Morgan fingerprint density at radius 2 is 1.74 bits per heavy atom. The maximum Gasteiger partial charge on any atom is 0.416 e. The summed E-state index contributed by atoms with van der Waals surface area (Å²) in [4.78, 5) is 10.9. The molecule has 1 heterocycles. The Hall–Kier alpha value is -2.24. The van der Waals surface area contributed by atoms with Crippen molar-refractivity contribution in [3.05, 3.63) is 64.1 Å². The third kappa shape index (κ3) is 3.15. The van der Waals surface area contributed by atoms with Crippen molar-refractivity contribution in [3.63, 3.8) is 0 Å². The maximum atomic E-state index is 12.9. The predicted octanol–water partition coefficient (Wildman–Crippen LogP) is 2.50. The molecule has 0 bridgehead atoms. The van der Waals surface area contributed by atoms with Gasteiger partial charge in [-0.25, -0.2) is 0 Å². The van der Waals surface area contributed by atoms with Crippen LogP contribution in [0.15, 0.2) is 47.5 Å². The van der Waals surface area contributed by atoms with Crippen molar-refractivity contribution >= 4 is 5.69 Å². The van der Waals surface area contributed by atoms with Crippen LogP contribution in [0.25, 0.3) is 0 Å². The number of halogens is 3. The van der Waals surface area contributed by atoms with Gasteiger partial charge in [-0.1, -0.05) is 6.07 Å².